The summed E-state index contributed by atoms with van der Waals surface area (Å²) < 4.78 is 12.1. The maximum absolute atomic E-state index is 12.6. The summed E-state index contributed by atoms with van der Waals surface area (Å²) in [6.45, 7) is 4.05. The van der Waals surface area contributed by atoms with Gasteiger partial charge in [0.25, 0.3) is 5.91 Å². The lowest BCUT2D eigenvalue weighted by molar-refractivity contribution is -0.141. The molecule has 0 aliphatic heterocycles. The highest BCUT2D eigenvalue weighted by molar-refractivity contribution is 5.99. The number of amides is 1. The van der Waals surface area contributed by atoms with Crippen molar-refractivity contribution in [1.29, 1.82) is 0 Å². The average molecular weight is 412 g/mol. The Labute approximate surface area is 176 Å². The number of hydrogen-bond donors (Lipinski definition) is 1. The Kier molecular flexibility index (Phi) is 7.27. The normalized spacial score (nSPS) is 13.6. The maximum Gasteiger partial charge on any atom is 0.325 e. The van der Waals surface area contributed by atoms with E-state index in [0.29, 0.717) is 5.56 Å². The van der Waals surface area contributed by atoms with E-state index in [1.807, 2.05) is 19.9 Å². The second-order valence-electron chi connectivity index (χ2n) is 7.54. The number of ketones is 1. The Morgan fingerprint density at radius 3 is 2.77 bits per heavy atom. The first kappa shape index (κ1) is 21.6. The van der Waals surface area contributed by atoms with Crippen LogP contribution in [0.1, 0.15) is 64.4 Å². The first-order chi connectivity index (χ1) is 14.5. The number of nitrogens with one attached hydrogen (secondary N) is 1. The minimum atomic E-state index is -0.679. The summed E-state index contributed by atoms with van der Waals surface area (Å²) in [5.74, 6) is -1.34. The molecule has 0 aromatic carbocycles. The van der Waals surface area contributed by atoms with Crippen LogP contribution in [0.25, 0.3) is 0 Å². The SMILES string of the molecule is Cc1cc(C(=O)COC(=O)CNC(=O)c2ccco2)c(C)n1CCC1=CCCCC1. The molecule has 1 N–H and O–H groups in total. The van der Waals surface area contributed by atoms with Gasteiger partial charge in [-0.25, -0.2) is 0 Å². The van der Waals surface area contributed by atoms with Crippen LogP contribution >= 0.6 is 0 Å². The Balaban J connectivity index is 1.49. The molecule has 1 aliphatic carbocycles. The minimum Gasteiger partial charge on any atom is -0.459 e. The molecule has 0 spiro atoms. The van der Waals surface area contributed by atoms with Gasteiger partial charge in [0.05, 0.1) is 6.26 Å². The van der Waals surface area contributed by atoms with Crippen molar-refractivity contribution in [3.63, 3.8) is 0 Å². The summed E-state index contributed by atoms with van der Waals surface area (Å²) in [4.78, 5) is 36.2. The van der Waals surface area contributed by atoms with Crippen molar-refractivity contribution in [3.05, 3.63) is 58.8 Å². The van der Waals surface area contributed by atoms with Crippen molar-refractivity contribution in [2.24, 2.45) is 0 Å². The number of esters is 1. The number of carbonyl (C=O) groups excluding carboxylic acids is 3. The van der Waals surface area contributed by atoms with Gasteiger partial charge in [-0.15, -0.1) is 0 Å². The molecule has 3 rings (SSSR count). The van der Waals surface area contributed by atoms with E-state index < -0.39 is 11.9 Å². The van der Waals surface area contributed by atoms with Crippen LogP contribution in [0.3, 0.4) is 0 Å². The Morgan fingerprint density at radius 1 is 1.23 bits per heavy atom. The van der Waals surface area contributed by atoms with E-state index in [1.165, 1.54) is 30.7 Å². The third kappa shape index (κ3) is 5.49. The Hall–Kier alpha value is -3.09. The fraction of sp³-hybridized carbons (Fsp3) is 0.435. The molecule has 2 aromatic heterocycles. The smallest absolute Gasteiger partial charge is 0.325 e. The lowest BCUT2D eigenvalue weighted by Crippen LogP contribution is -2.31. The van der Waals surface area contributed by atoms with Gasteiger partial charge in [0.15, 0.2) is 12.4 Å². The molecular formula is C23H28N2O5. The highest BCUT2D eigenvalue weighted by Gasteiger charge is 2.18. The number of aryl methyl sites for hydroxylation is 1. The second kappa shape index (κ2) is 10.1. The van der Waals surface area contributed by atoms with E-state index in [0.717, 1.165) is 37.2 Å². The third-order valence-corrected chi connectivity index (χ3v) is 5.42. The summed E-state index contributed by atoms with van der Waals surface area (Å²) >= 11 is 0. The van der Waals surface area contributed by atoms with Crippen molar-refractivity contribution in [3.8, 4) is 0 Å². The van der Waals surface area contributed by atoms with Crippen LogP contribution in [0, 0.1) is 13.8 Å². The standard InChI is InChI=1S/C23H28N2O5/c1-16-13-19(17(2)25(16)11-10-18-7-4-3-5-8-18)20(26)15-30-22(27)14-24-23(28)21-9-6-12-29-21/h6-7,9,12-13H,3-5,8,10-11,14-15H2,1-2H3,(H,24,28). The molecule has 0 radical (unpaired) electrons. The molecule has 1 aliphatic rings. The van der Waals surface area contributed by atoms with Crippen molar-refractivity contribution >= 4 is 17.7 Å². The Bertz CT molecular complexity index is 937. The van der Waals surface area contributed by atoms with Crippen LogP contribution in [0.15, 0.2) is 40.5 Å². The largest absolute Gasteiger partial charge is 0.459 e. The molecule has 160 valence electrons. The van der Waals surface area contributed by atoms with Crippen molar-refractivity contribution in [1.82, 2.24) is 9.88 Å². The summed E-state index contributed by atoms with van der Waals surface area (Å²) in [5.41, 5.74) is 3.96. The Morgan fingerprint density at radius 2 is 2.07 bits per heavy atom. The van der Waals surface area contributed by atoms with Gasteiger partial charge < -0.3 is 19.0 Å². The van der Waals surface area contributed by atoms with E-state index in [4.69, 9.17) is 9.15 Å². The quantitative estimate of drug-likeness (QED) is 0.385. The van der Waals surface area contributed by atoms with Crippen molar-refractivity contribution < 1.29 is 23.5 Å². The molecule has 2 aromatic rings. The van der Waals surface area contributed by atoms with Crippen molar-refractivity contribution in [2.45, 2.75) is 52.5 Å². The molecule has 2 heterocycles. The molecule has 1 amide bonds. The maximum atomic E-state index is 12.6. The van der Waals surface area contributed by atoms with E-state index in [-0.39, 0.29) is 24.7 Å². The number of nitrogens with zero attached hydrogens (tertiary/aromatic N) is 1. The van der Waals surface area contributed by atoms with E-state index >= 15 is 0 Å². The number of Topliss-reactive ketones (excluding diaryl/α,β-unsaturated/α-hetero) is 1. The third-order valence-electron chi connectivity index (χ3n) is 5.42. The molecule has 0 saturated carbocycles. The topological polar surface area (TPSA) is 90.5 Å². The van der Waals surface area contributed by atoms with Gasteiger partial charge in [0.2, 0.25) is 5.78 Å². The zero-order chi connectivity index (χ0) is 21.5. The minimum absolute atomic E-state index is 0.107. The van der Waals surface area contributed by atoms with Gasteiger partial charge in [-0.05, 0) is 64.2 Å². The van der Waals surface area contributed by atoms with Crippen LogP contribution in [-0.4, -0.2) is 35.4 Å². The van der Waals surface area contributed by atoms with Crippen LogP contribution < -0.4 is 5.32 Å². The van der Waals surface area contributed by atoms with E-state index in [2.05, 4.69) is 16.0 Å². The molecule has 7 nitrogen and oxygen atoms in total. The van der Waals surface area contributed by atoms with Gasteiger partial charge in [-0.1, -0.05) is 11.6 Å². The number of rotatable bonds is 9. The average Bonchev–Trinajstić information content (AvgIpc) is 3.38. The predicted octanol–water partition coefficient (Wildman–Crippen LogP) is 3.74. The van der Waals surface area contributed by atoms with Gasteiger partial charge in [0, 0.05) is 23.5 Å². The van der Waals surface area contributed by atoms with Crippen LogP contribution in [0.5, 0.6) is 0 Å². The number of ether oxygens (including phenoxy) is 1. The first-order valence-electron chi connectivity index (χ1n) is 10.3. The number of hydrogen-bond acceptors (Lipinski definition) is 5. The first-order valence-corrected chi connectivity index (χ1v) is 10.3. The zero-order valence-corrected chi connectivity index (χ0v) is 17.5. The molecule has 0 saturated heterocycles. The highest BCUT2D eigenvalue weighted by Crippen LogP contribution is 2.23. The fourth-order valence-electron chi connectivity index (χ4n) is 3.74. The summed E-state index contributed by atoms with van der Waals surface area (Å²) in [6, 6.07) is 4.92. The van der Waals surface area contributed by atoms with Crippen LogP contribution in [0.4, 0.5) is 0 Å². The number of carbonyl (C=O) groups is 3. The fourth-order valence-corrected chi connectivity index (χ4v) is 3.74. The predicted molar refractivity (Wildman–Crippen MR) is 111 cm³/mol. The molecule has 0 unspecified atom stereocenters. The summed E-state index contributed by atoms with van der Waals surface area (Å²) in [7, 11) is 0. The monoisotopic (exact) mass is 412 g/mol. The van der Waals surface area contributed by atoms with Gasteiger partial charge in [-0.2, -0.15) is 0 Å². The second-order valence-corrected chi connectivity index (χ2v) is 7.54. The van der Waals surface area contributed by atoms with Gasteiger partial charge >= 0.3 is 5.97 Å². The highest BCUT2D eigenvalue weighted by atomic mass is 16.5. The van der Waals surface area contributed by atoms with Gasteiger partial charge in [-0.3, -0.25) is 14.4 Å². The molecular weight excluding hydrogens is 384 g/mol. The lowest BCUT2D eigenvalue weighted by atomic mass is 9.97. The number of allylic oxidation sites excluding steroid dienone is 2. The number of aromatic nitrogens is 1. The van der Waals surface area contributed by atoms with Crippen LogP contribution in [-0.2, 0) is 16.1 Å². The molecule has 0 bridgehead atoms. The summed E-state index contributed by atoms with van der Waals surface area (Å²) in [6.07, 6.45) is 9.56. The van der Waals surface area contributed by atoms with E-state index in [1.54, 1.807) is 6.07 Å². The van der Waals surface area contributed by atoms with E-state index in [9.17, 15) is 14.4 Å². The number of furan rings is 1. The molecule has 0 atom stereocenters. The zero-order valence-electron chi connectivity index (χ0n) is 17.5. The van der Waals surface area contributed by atoms with Crippen molar-refractivity contribution in [2.75, 3.05) is 13.2 Å². The molecule has 30 heavy (non-hydrogen) atoms. The lowest BCUT2D eigenvalue weighted by Gasteiger charge is -2.15. The summed E-state index contributed by atoms with van der Waals surface area (Å²) in [5, 5.41) is 2.39. The van der Waals surface area contributed by atoms with Crippen LogP contribution in [0.2, 0.25) is 0 Å². The molecule has 7 heteroatoms. The molecule has 0 fully saturated rings. The van der Waals surface area contributed by atoms with Gasteiger partial charge in [0.1, 0.15) is 6.54 Å².